The second-order valence-electron chi connectivity index (χ2n) is 5.29. The maximum atomic E-state index is 12.2. The van der Waals surface area contributed by atoms with E-state index in [0.717, 1.165) is 35.7 Å². The molecule has 7 heteroatoms. The Morgan fingerprint density at radius 3 is 3.14 bits per heavy atom. The van der Waals surface area contributed by atoms with Crippen LogP contribution < -0.4 is 0 Å². The molecular formula is C14H19N3O2S2. The van der Waals surface area contributed by atoms with Crippen molar-refractivity contribution in [1.29, 1.82) is 0 Å². The maximum Gasteiger partial charge on any atom is 0.126 e. The standard InChI is InChI=1S/C14H19N3O2S2/c1-17-7-11(6-15-17)14-16-12(8-20-14)9-21(18)10-13-4-2-3-5-19-13/h6-8,13H,2-5,9-10H2,1H3/t13-,21+/m0/s1. The molecule has 0 aromatic carbocycles. The number of thiazole rings is 1. The van der Waals surface area contributed by atoms with Crippen LogP contribution in [-0.4, -0.2) is 37.4 Å². The SMILES string of the molecule is Cn1cc(-c2nc(C[S@@](=O)C[C@@H]3CCCCO3)cs2)cn1. The number of ether oxygens (including phenoxy) is 1. The lowest BCUT2D eigenvalue weighted by molar-refractivity contribution is 0.0310. The molecule has 0 bridgehead atoms. The van der Waals surface area contributed by atoms with Crippen molar-refractivity contribution in [3.8, 4) is 10.6 Å². The van der Waals surface area contributed by atoms with Crippen LogP contribution in [0.4, 0.5) is 0 Å². The first-order valence-electron chi connectivity index (χ1n) is 7.11. The minimum atomic E-state index is -0.908. The van der Waals surface area contributed by atoms with Gasteiger partial charge in [0.1, 0.15) is 5.01 Å². The second kappa shape index (κ2) is 6.81. The largest absolute Gasteiger partial charge is 0.377 e. The van der Waals surface area contributed by atoms with Crippen LogP contribution in [-0.2, 0) is 28.3 Å². The Morgan fingerprint density at radius 2 is 2.43 bits per heavy atom. The van der Waals surface area contributed by atoms with Crippen LogP contribution >= 0.6 is 11.3 Å². The van der Waals surface area contributed by atoms with E-state index in [-0.39, 0.29) is 6.10 Å². The maximum absolute atomic E-state index is 12.2. The number of hydrogen-bond donors (Lipinski definition) is 0. The summed E-state index contributed by atoms with van der Waals surface area (Å²) in [7, 11) is 0.978. The summed E-state index contributed by atoms with van der Waals surface area (Å²) in [5.41, 5.74) is 1.91. The summed E-state index contributed by atoms with van der Waals surface area (Å²) in [5, 5.41) is 7.07. The fourth-order valence-electron chi connectivity index (χ4n) is 2.41. The highest BCUT2D eigenvalue weighted by atomic mass is 32.2. The van der Waals surface area contributed by atoms with Crippen LogP contribution in [0.3, 0.4) is 0 Å². The van der Waals surface area contributed by atoms with Gasteiger partial charge in [-0.15, -0.1) is 11.3 Å². The molecule has 5 nitrogen and oxygen atoms in total. The van der Waals surface area contributed by atoms with Crippen molar-refractivity contribution in [2.45, 2.75) is 31.1 Å². The molecule has 0 unspecified atom stereocenters. The van der Waals surface area contributed by atoms with Gasteiger partial charge in [0, 0.05) is 41.6 Å². The topological polar surface area (TPSA) is 57.0 Å². The molecule has 1 aliphatic heterocycles. The minimum absolute atomic E-state index is 0.163. The van der Waals surface area contributed by atoms with Gasteiger partial charge in [-0.1, -0.05) is 0 Å². The van der Waals surface area contributed by atoms with E-state index >= 15 is 0 Å². The fourth-order valence-corrected chi connectivity index (χ4v) is 4.58. The van der Waals surface area contributed by atoms with E-state index in [1.807, 2.05) is 18.6 Å². The molecule has 3 rings (SSSR count). The highest BCUT2D eigenvalue weighted by Crippen LogP contribution is 2.24. The molecule has 0 aliphatic carbocycles. The third-order valence-corrected chi connectivity index (χ3v) is 5.76. The Bertz CT molecular complexity index is 617. The zero-order valence-electron chi connectivity index (χ0n) is 12.0. The van der Waals surface area contributed by atoms with E-state index in [0.29, 0.717) is 11.5 Å². The van der Waals surface area contributed by atoms with Crippen molar-refractivity contribution < 1.29 is 8.95 Å². The van der Waals surface area contributed by atoms with Crippen LogP contribution in [0.5, 0.6) is 0 Å². The van der Waals surface area contributed by atoms with Crippen molar-refractivity contribution >= 4 is 22.1 Å². The third-order valence-electron chi connectivity index (χ3n) is 3.46. The van der Waals surface area contributed by atoms with E-state index in [1.54, 1.807) is 22.2 Å². The highest BCUT2D eigenvalue weighted by molar-refractivity contribution is 7.84. The van der Waals surface area contributed by atoms with Gasteiger partial charge in [-0.2, -0.15) is 5.10 Å². The molecule has 0 spiro atoms. The van der Waals surface area contributed by atoms with Crippen LogP contribution in [0, 0.1) is 0 Å². The van der Waals surface area contributed by atoms with E-state index in [2.05, 4.69) is 10.1 Å². The molecule has 2 atom stereocenters. The molecule has 1 aliphatic rings. The zero-order chi connectivity index (χ0) is 14.7. The van der Waals surface area contributed by atoms with Gasteiger partial charge in [-0.3, -0.25) is 8.89 Å². The minimum Gasteiger partial charge on any atom is -0.377 e. The molecule has 0 amide bonds. The average molecular weight is 325 g/mol. The first-order valence-corrected chi connectivity index (χ1v) is 9.47. The summed E-state index contributed by atoms with van der Waals surface area (Å²) in [5.74, 6) is 1.14. The van der Waals surface area contributed by atoms with Gasteiger partial charge in [0.25, 0.3) is 0 Å². The Labute approximate surface area is 130 Å². The monoisotopic (exact) mass is 325 g/mol. The van der Waals surface area contributed by atoms with Gasteiger partial charge in [0.2, 0.25) is 0 Å². The molecule has 1 fully saturated rings. The molecule has 21 heavy (non-hydrogen) atoms. The summed E-state index contributed by atoms with van der Waals surface area (Å²) in [6, 6.07) is 0. The molecule has 1 saturated heterocycles. The Hall–Kier alpha value is -1.05. The number of aryl methyl sites for hydroxylation is 1. The Kier molecular flexibility index (Phi) is 4.82. The normalized spacial score (nSPS) is 20.5. The Morgan fingerprint density at radius 1 is 1.52 bits per heavy atom. The molecular weight excluding hydrogens is 306 g/mol. The van der Waals surface area contributed by atoms with Crippen LogP contribution in [0.15, 0.2) is 17.8 Å². The molecule has 3 heterocycles. The van der Waals surface area contributed by atoms with Gasteiger partial charge in [-0.25, -0.2) is 4.98 Å². The highest BCUT2D eigenvalue weighted by Gasteiger charge is 2.18. The van der Waals surface area contributed by atoms with Crippen molar-refractivity contribution in [3.05, 3.63) is 23.5 Å². The van der Waals surface area contributed by atoms with Gasteiger partial charge in [-0.05, 0) is 19.3 Å². The lowest BCUT2D eigenvalue weighted by atomic mass is 10.1. The molecule has 0 radical (unpaired) electrons. The van der Waals surface area contributed by atoms with Crippen LogP contribution in [0.1, 0.15) is 25.0 Å². The lowest BCUT2D eigenvalue weighted by Gasteiger charge is -2.21. The van der Waals surface area contributed by atoms with Crippen molar-refractivity contribution in [1.82, 2.24) is 14.8 Å². The number of aromatic nitrogens is 3. The zero-order valence-corrected chi connectivity index (χ0v) is 13.7. The van der Waals surface area contributed by atoms with Gasteiger partial charge in [0.15, 0.2) is 0 Å². The lowest BCUT2D eigenvalue weighted by Crippen LogP contribution is -2.25. The molecule has 114 valence electrons. The van der Waals surface area contributed by atoms with Crippen molar-refractivity contribution in [3.63, 3.8) is 0 Å². The summed E-state index contributed by atoms with van der Waals surface area (Å²) in [6.07, 6.45) is 7.25. The number of rotatable bonds is 5. The van der Waals surface area contributed by atoms with Crippen LogP contribution in [0.2, 0.25) is 0 Å². The molecule has 2 aromatic heterocycles. The van der Waals surface area contributed by atoms with E-state index in [1.165, 1.54) is 6.42 Å². The van der Waals surface area contributed by atoms with Gasteiger partial charge >= 0.3 is 0 Å². The predicted octanol–water partition coefficient (Wildman–Crippen LogP) is 2.36. The molecule has 0 saturated carbocycles. The smallest absolute Gasteiger partial charge is 0.126 e. The van der Waals surface area contributed by atoms with E-state index in [4.69, 9.17) is 4.74 Å². The first-order chi connectivity index (χ1) is 10.2. The molecule has 2 aromatic rings. The van der Waals surface area contributed by atoms with Gasteiger partial charge < -0.3 is 4.74 Å². The van der Waals surface area contributed by atoms with E-state index in [9.17, 15) is 4.21 Å². The second-order valence-corrected chi connectivity index (χ2v) is 7.65. The Balaban J connectivity index is 1.57. The third kappa shape index (κ3) is 3.99. The van der Waals surface area contributed by atoms with Crippen molar-refractivity contribution in [2.75, 3.05) is 12.4 Å². The average Bonchev–Trinajstić information content (AvgIpc) is 3.09. The van der Waals surface area contributed by atoms with E-state index < -0.39 is 10.8 Å². The fraction of sp³-hybridized carbons (Fsp3) is 0.571. The summed E-state index contributed by atoms with van der Waals surface area (Å²) >= 11 is 1.57. The molecule has 0 N–H and O–H groups in total. The summed E-state index contributed by atoms with van der Waals surface area (Å²) in [6.45, 7) is 0.809. The number of hydrogen-bond acceptors (Lipinski definition) is 5. The first kappa shape index (κ1) is 14.9. The summed E-state index contributed by atoms with van der Waals surface area (Å²) in [4.78, 5) is 4.56. The van der Waals surface area contributed by atoms with Crippen molar-refractivity contribution in [2.24, 2.45) is 7.05 Å². The number of nitrogens with zero attached hydrogens (tertiary/aromatic N) is 3. The predicted molar refractivity (Wildman–Crippen MR) is 84.6 cm³/mol. The quantitative estimate of drug-likeness (QED) is 0.847. The van der Waals surface area contributed by atoms with Crippen LogP contribution in [0.25, 0.3) is 10.6 Å². The summed E-state index contributed by atoms with van der Waals surface area (Å²) < 4.78 is 19.6. The van der Waals surface area contributed by atoms with Gasteiger partial charge in [0.05, 0.1) is 29.5 Å².